The molecule has 0 aliphatic carbocycles. The first kappa shape index (κ1) is 14.5. The van der Waals surface area contributed by atoms with Crippen molar-refractivity contribution in [1.82, 2.24) is 0 Å². The van der Waals surface area contributed by atoms with Crippen LogP contribution in [-0.2, 0) is 0 Å². The van der Waals surface area contributed by atoms with Crippen molar-refractivity contribution < 1.29 is 9.53 Å². The van der Waals surface area contributed by atoms with Gasteiger partial charge in [-0.05, 0) is 36.3 Å². The molecule has 0 saturated heterocycles. The number of rotatable bonds is 4. The molecule has 3 heteroatoms. The van der Waals surface area contributed by atoms with Crippen LogP contribution in [0.4, 0.5) is 0 Å². The van der Waals surface area contributed by atoms with Crippen LogP contribution in [0, 0.1) is 18.3 Å². The molecule has 2 aromatic rings. The number of ether oxygens (including phenoxy) is 1. The summed E-state index contributed by atoms with van der Waals surface area (Å²) in [4.78, 5) is 12.5. The number of allylic oxidation sites excluding steroid dienone is 1. The number of Topliss-reactive ketones (excluding diaryl/α,β-unsaturated/α-hetero) is 1. The smallest absolute Gasteiger partial charge is 0.207 e. The molecule has 0 amide bonds. The molecule has 0 aliphatic heterocycles. The van der Waals surface area contributed by atoms with E-state index < -0.39 is 0 Å². The lowest BCUT2D eigenvalue weighted by atomic mass is 9.99. The van der Waals surface area contributed by atoms with Crippen molar-refractivity contribution >= 4 is 11.9 Å². The summed E-state index contributed by atoms with van der Waals surface area (Å²) in [5.74, 6) is 0.131. The average molecular weight is 277 g/mol. The Morgan fingerprint density at radius 2 is 1.81 bits per heavy atom. The number of ketones is 1. The van der Waals surface area contributed by atoms with Gasteiger partial charge in [0.2, 0.25) is 5.78 Å². The highest BCUT2D eigenvalue weighted by molar-refractivity contribution is 6.15. The molecule has 0 bridgehead atoms. The maximum absolute atomic E-state index is 12.5. The van der Waals surface area contributed by atoms with Gasteiger partial charge in [0.1, 0.15) is 17.4 Å². The third kappa shape index (κ3) is 3.18. The van der Waals surface area contributed by atoms with Gasteiger partial charge in [0.05, 0.1) is 12.7 Å². The largest absolute Gasteiger partial charge is 0.496 e. The minimum absolute atomic E-state index is 0.0915. The van der Waals surface area contributed by atoms with Crippen molar-refractivity contribution in [3.05, 3.63) is 70.8 Å². The molecule has 2 aromatic carbocycles. The van der Waals surface area contributed by atoms with Crippen LogP contribution in [0.2, 0.25) is 0 Å². The summed E-state index contributed by atoms with van der Waals surface area (Å²) >= 11 is 0. The standard InChI is InChI=1S/C18H15NO2/c1-13-7-3-4-8-14(13)11-15(12-19)18(20)16-9-5-6-10-17(16)21-2/h3-11H,1-2H3/b15-11+. The van der Waals surface area contributed by atoms with Gasteiger partial charge in [0.15, 0.2) is 0 Å². The first-order valence-corrected chi connectivity index (χ1v) is 6.52. The number of carbonyl (C=O) groups is 1. The molecular formula is C18H15NO2. The normalized spacial score (nSPS) is 10.8. The van der Waals surface area contributed by atoms with E-state index in [2.05, 4.69) is 0 Å². The summed E-state index contributed by atoms with van der Waals surface area (Å²) in [5, 5.41) is 9.29. The van der Waals surface area contributed by atoms with E-state index in [4.69, 9.17) is 4.74 Å². The number of nitrogens with zero attached hydrogens (tertiary/aromatic N) is 1. The molecule has 0 aliphatic rings. The molecule has 0 atom stereocenters. The number of hydrogen-bond acceptors (Lipinski definition) is 3. The predicted octanol–water partition coefficient (Wildman–Crippen LogP) is 3.79. The van der Waals surface area contributed by atoms with E-state index in [1.807, 2.05) is 37.3 Å². The molecule has 0 N–H and O–H groups in total. The third-order valence-electron chi connectivity index (χ3n) is 3.20. The van der Waals surface area contributed by atoms with Crippen LogP contribution in [-0.4, -0.2) is 12.9 Å². The Hall–Kier alpha value is -2.86. The molecule has 104 valence electrons. The highest BCUT2D eigenvalue weighted by Crippen LogP contribution is 2.22. The van der Waals surface area contributed by atoms with Gasteiger partial charge in [-0.3, -0.25) is 4.79 Å². The molecule has 3 nitrogen and oxygen atoms in total. The third-order valence-corrected chi connectivity index (χ3v) is 3.20. The van der Waals surface area contributed by atoms with E-state index in [1.54, 1.807) is 30.3 Å². The molecular weight excluding hydrogens is 262 g/mol. The molecule has 0 saturated carbocycles. The molecule has 0 radical (unpaired) electrons. The van der Waals surface area contributed by atoms with Gasteiger partial charge in [0.25, 0.3) is 0 Å². The summed E-state index contributed by atoms with van der Waals surface area (Å²) in [6.45, 7) is 1.94. The van der Waals surface area contributed by atoms with Crippen LogP contribution in [0.15, 0.2) is 54.1 Å². The first-order valence-electron chi connectivity index (χ1n) is 6.52. The number of carbonyl (C=O) groups excluding carboxylic acids is 1. The highest BCUT2D eigenvalue weighted by atomic mass is 16.5. The van der Waals surface area contributed by atoms with Crippen LogP contribution in [0.3, 0.4) is 0 Å². The Kier molecular flexibility index (Phi) is 4.53. The lowest BCUT2D eigenvalue weighted by Gasteiger charge is -2.07. The number of nitriles is 1. The maximum Gasteiger partial charge on any atom is 0.207 e. The van der Waals surface area contributed by atoms with E-state index in [9.17, 15) is 10.1 Å². The number of para-hydroxylation sites is 1. The van der Waals surface area contributed by atoms with Crippen molar-refractivity contribution in [3.63, 3.8) is 0 Å². The van der Waals surface area contributed by atoms with Crippen molar-refractivity contribution in [2.24, 2.45) is 0 Å². The van der Waals surface area contributed by atoms with Gasteiger partial charge in [0, 0.05) is 0 Å². The Labute approximate surface area is 124 Å². The summed E-state index contributed by atoms with van der Waals surface area (Å²) in [5.41, 5.74) is 2.35. The zero-order valence-electron chi connectivity index (χ0n) is 12.0. The molecule has 0 aromatic heterocycles. The van der Waals surface area contributed by atoms with E-state index in [0.29, 0.717) is 11.3 Å². The minimum Gasteiger partial charge on any atom is -0.496 e. The summed E-state index contributed by atoms with van der Waals surface area (Å²) < 4.78 is 5.18. The topological polar surface area (TPSA) is 50.1 Å². The van der Waals surface area contributed by atoms with Gasteiger partial charge < -0.3 is 4.74 Å². The van der Waals surface area contributed by atoms with E-state index in [1.165, 1.54) is 7.11 Å². The predicted molar refractivity (Wildman–Crippen MR) is 82.1 cm³/mol. The van der Waals surface area contributed by atoms with Gasteiger partial charge >= 0.3 is 0 Å². The minimum atomic E-state index is -0.335. The van der Waals surface area contributed by atoms with Crippen molar-refractivity contribution in [1.29, 1.82) is 5.26 Å². The second kappa shape index (κ2) is 6.53. The molecule has 0 unspecified atom stereocenters. The zero-order valence-corrected chi connectivity index (χ0v) is 12.0. The van der Waals surface area contributed by atoms with E-state index in [-0.39, 0.29) is 11.4 Å². The molecule has 0 heterocycles. The Morgan fingerprint density at radius 1 is 1.14 bits per heavy atom. The highest BCUT2D eigenvalue weighted by Gasteiger charge is 2.16. The van der Waals surface area contributed by atoms with Crippen molar-refractivity contribution in [2.75, 3.05) is 7.11 Å². The zero-order chi connectivity index (χ0) is 15.2. The number of hydrogen-bond donors (Lipinski definition) is 0. The summed E-state index contributed by atoms with van der Waals surface area (Å²) in [7, 11) is 1.50. The number of aryl methyl sites for hydroxylation is 1. The summed E-state index contributed by atoms with van der Waals surface area (Å²) in [6, 6.07) is 16.5. The fourth-order valence-corrected chi connectivity index (χ4v) is 2.03. The quantitative estimate of drug-likeness (QED) is 0.485. The van der Waals surface area contributed by atoms with Gasteiger partial charge in [-0.2, -0.15) is 5.26 Å². The van der Waals surface area contributed by atoms with Crippen LogP contribution in [0.5, 0.6) is 5.75 Å². The number of benzene rings is 2. The number of methoxy groups -OCH3 is 1. The monoisotopic (exact) mass is 277 g/mol. The maximum atomic E-state index is 12.5. The van der Waals surface area contributed by atoms with Crippen LogP contribution in [0.1, 0.15) is 21.5 Å². The second-order valence-electron chi connectivity index (χ2n) is 4.56. The Morgan fingerprint density at radius 3 is 2.48 bits per heavy atom. The lowest BCUT2D eigenvalue weighted by Crippen LogP contribution is -2.04. The van der Waals surface area contributed by atoms with Crippen LogP contribution < -0.4 is 4.74 Å². The van der Waals surface area contributed by atoms with Crippen molar-refractivity contribution in [2.45, 2.75) is 6.92 Å². The molecule has 21 heavy (non-hydrogen) atoms. The Balaban J connectivity index is 2.45. The van der Waals surface area contributed by atoms with Gasteiger partial charge in [-0.1, -0.05) is 36.4 Å². The summed E-state index contributed by atoms with van der Waals surface area (Å²) in [6.07, 6.45) is 1.62. The van der Waals surface area contributed by atoms with Gasteiger partial charge in [-0.25, -0.2) is 0 Å². The van der Waals surface area contributed by atoms with E-state index in [0.717, 1.165) is 11.1 Å². The molecule has 2 rings (SSSR count). The first-order chi connectivity index (χ1) is 10.2. The van der Waals surface area contributed by atoms with E-state index >= 15 is 0 Å². The molecule has 0 fully saturated rings. The lowest BCUT2D eigenvalue weighted by molar-refractivity contribution is 0.103. The van der Waals surface area contributed by atoms with Crippen LogP contribution in [0.25, 0.3) is 6.08 Å². The average Bonchev–Trinajstić information content (AvgIpc) is 2.53. The van der Waals surface area contributed by atoms with Crippen molar-refractivity contribution in [3.8, 4) is 11.8 Å². The molecule has 0 spiro atoms. The van der Waals surface area contributed by atoms with Crippen LogP contribution >= 0.6 is 0 Å². The fourth-order valence-electron chi connectivity index (χ4n) is 2.03. The Bertz CT molecular complexity index is 739. The fraction of sp³-hybridized carbons (Fsp3) is 0.111. The van der Waals surface area contributed by atoms with Gasteiger partial charge in [-0.15, -0.1) is 0 Å². The second-order valence-corrected chi connectivity index (χ2v) is 4.56. The SMILES string of the molecule is COc1ccccc1C(=O)/C(C#N)=C/c1ccccc1C.